The Balaban J connectivity index is 2.63. The number of rotatable bonds is 7. The Kier molecular flexibility index (Phi) is 5.80. The molecule has 0 aliphatic heterocycles. The summed E-state index contributed by atoms with van der Waals surface area (Å²) in [4.78, 5) is 11.1. The number of nitriles is 1. The SMILES string of the molecule is CCOC(=O)CS(=O)(=O)Nc1ccc(OCC#N)cc1. The molecule has 7 nitrogen and oxygen atoms in total. The van der Waals surface area contributed by atoms with Gasteiger partial charge in [0.1, 0.15) is 11.8 Å². The predicted octanol–water partition coefficient (Wildman–Crippen LogP) is 0.894. The average Bonchev–Trinajstić information content (AvgIpc) is 2.37. The summed E-state index contributed by atoms with van der Waals surface area (Å²) in [5.41, 5.74) is 0.290. The normalized spacial score (nSPS) is 10.4. The molecule has 1 aromatic rings. The summed E-state index contributed by atoms with van der Waals surface area (Å²) in [6.07, 6.45) is 0. The number of carbonyl (C=O) groups is 1. The lowest BCUT2D eigenvalue weighted by Crippen LogP contribution is -2.24. The van der Waals surface area contributed by atoms with E-state index in [1.54, 1.807) is 6.92 Å². The van der Waals surface area contributed by atoms with Crippen molar-refractivity contribution in [2.45, 2.75) is 6.92 Å². The molecule has 0 saturated carbocycles. The van der Waals surface area contributed by atoms with Gasteiger partial charge in [0.15, 0.2) is 12.4 Å². The van der Waals surface area contributed by atoms with E-state index in [4.69, 9.17) is 10.00 Å². The summed E-state index contributed by atoms with van der Waals surface area (Å²) in [6, 6.07) is 7.78. The van der Waals surface area contributed by atoms with Gasteiger partial charge in [-0.1, -0.05) is 0 Å². The van der Waals surface area contributed by atoms with Crippen LogP contribution in [0.5, 0.6) is 5.75 Å². The van der Waals surface area contributed by atoms with E-state index < -0.39 is 21.7 Å². The highest BCUT2D eigenvalue weighted by Crippen LogP contribution is 2.16. The molecule has 0 unspecified atom stereocenters. The van der Waals surface area contributed by atoms with E-state index in [-0.39, 0.29) is 13.2 Å². The predicted molar refractivity (Wildman–Crippen MR) is 71.6 cm³/mol. The van der Waals surface area contributed by atoms with Crippen LogP contribution < -0.4 is 9.46 Å². The summed E-state index contributed by atoms with van der Waals surface area (Å²) in [6.45, 7) is 1.63. The minimum absolute atomic E-state index is 0.0894. The highest BCUT2D eigenvalue weighted by atomic mass is 32.2. The number of hydrogen-bond acceptors (Lipinski definition) is 6. The van der Waals surface area contributed by atoms with Crippen LogP contribution in [0.1, 0.15) is 6.92 Å². The second kappa shape index (κ2) is 7.35. The van der Waals surface area contributed by atoms with Crippen LogP contribution in [-0.4, -0.2) is 33.4 Å². The van der Waals surface area contributed by atoms with Gasteiger partial charge >= 0.3 is 5.97 Å². The van der Waals surface area contributed by atoms with Gasteiger partial charge in [0.25, 0.3) is 0 Å². The van der Waals surface area contributed by atoms with E-state index >= 15 is 0 Å². The standard InChI is InChI=1S/C12H14N2O5S/c1-2-18-12(15)9-20(16,17)14-10-3-5-11(6-4-10)19-8-7-13/h3-6,14H,2,8-9H2,1H3. The first kappa shape index (κ1) is 15.8. The Morgan fingerprint density at radius 2 is 2.00 bits per heavy atom. The van der Waals surface area contributed by atoms with Gasteiger partial charge in [0.2, 0.25) is 10.0 Å². The molecule has 8 heteroatoms. The van der Waals surface area contributed by atoms with Crippen LogP contribution in [0.4, 0.5) is 5.69 Å². The number of ether oxygens (including phenoxy) is 2. The molecule has 108 valence electrons. The van der Waals surface area contributed by atoms with E-state index in [2.05, 4.69) is 9.46 Å². The third-order valence-electron chi connectivity index (χ3n) is 2.04. The minimum atomic E-state index is -3.80. The quantitative estimate of drug-likeness (QED) is 0.749. The summed E-state index contributed by atoms with van der Waals surface area (Å²) in [5, 5.41) is 8.35. The maximum Gasteiger partial charge on any atom is 0.323 e. The third-order valence-corrected chi connectivity index (χ3v) is 3.21. The molecule has 0 aliphatic rings. The molecular formula is C12H14N2O5S. The van der Waals surface area contributed by atoms with Crippen molar-refractivity contribution in [1.29, 1.82) is 5.26 Å². The second-order valence-corrected chi connectivity index (χ2v) is 5.36. The Morgan fingerprint density at radius 1 is 1.35 bits per heavy atom. The number of hydrogen-bond donors (Lipinski definition) is 1. The monoisotopic (exact) mass is 298 g/mol. The molecule has 20 heavy (non-hydrogen) atoms. The van der Waals surface area contributed by atoms with E-state index in [9.17, 15) is 13.2 Å². The smallest absolute Gasteiger partial charge is 0.323 e. The fourth-order valence-corrected chi connectivity index (χ4v) is 2.27. The van der Waals surface area contributed by atoms with E-state index in [1.807, 2.05) is 6.07 Å². The molecule has 0 saturated heterocycles. The lowest BCUT2D eigenvalue weighted by atomic mass is 10.3. The van der Waals surface area contributed by atoms with Crippen LogP contribution in [0, 0.1) is 11.3 Å². The molecule has 0 radical (unpaired) electrons. The molecule has 0 aliphatic carbocycles. The number of carbonyl (C=O) groups excluding carboxylic acids is 1. The molecule has 0 bridgehead atoms. The van der Waals surface area contributed by atoms with Crippen molar-refractivity contribution in [3.8, 4) is 11.8 Å². The Hall–Kier alpha value is -2.27. The summed E-state index contributed by atoms with van der Waals surface area (Å²) in [5.74, 6) is -1.11. The van der Waals surface area contributed by atoms with Crippen molar-refractivity contribution in [3.63, 3.8) is 0 Å². The maximum absolute atomic E-state index is 11.7. The highest BCUT2D eigenvalue weighted by Gasteiger charge is 2.17. The molecule has 0 amide bonds. The van der Waals surface area contributed by atoms with Crippen LogP contribution in [0.15, 0.2) is 24.3 Å². The van der Waals surface area contributed by atoms with E-state index in [0.29, 0.717) is 11.4 Å². The number of nitrogens with one attached hydrogen (secondary N) is 1. The number of sulfonamides is 1. The van der Waals surface area contributed by atoms with Crippen molar-refractivity contribution in [1.82, 2.24) is 0 Å². The van der Waals surface area contributed by atoms with Crippen molar-refractivity contribution >= 4 is 21.7 Å². The van der Waals surface area contributed by atoms with Gasteiger partial charge in [-0.05, 0) is 31.2 Å². The Morgan fingerprint density at radius 3 is 2.55 bits per heavy atom. The van der Waals surface area contributed by atoms with Crippen LogP contribution in [0.2, 0.25) is 0 Å². The van der Waals surface area contributed by atoms with Crippen LogP contribution >= 0.6 is 0 Å². The lowest BCUT2D eigenvalue weighted by Gasteiger charge is -2.08. The van der Waals surface area contributed by atoms with E-state index in [0.717, 1.165) is 0 Å². The van der Waals surface area contributed by atoms with Crippen molar-refractivity contribution in [2.24, 2.45) is 0 Å². The van der Waals surface area contributed by atoms with Gasteiger partial charge in [-0.3, -0.25) is 9.52 Å². The fraction of sp³-hybridized carbons (Fsp3) is 0.333. The lowest BCUT2D eigenvalue weighted by molar-refractivity contribution is -0.139. The first-order chi connectivity index (χ1) is 9.46. The highest BCUT2D eigenvalue weighted by molar-refractivity contribution is 7.93. The van der Waals surface area contributed by atoms with Crippen LogP contribution in [0.3, 0.4) is 0 Å². The number of benzene rings is 1. The fourth-order valence-electron chi connectivity index (χ4n) is 1.31. The van der Waals surface area contributed by atoms with Gasteiger partial charge in [-0.2, -0.15) is 5.26 Å². The van der Waals surface area contributed by atoms with Crippen molar-refractivity contribution in [2.75, 3.05) is 23.7 Å². The van der Waals surface area contributed by atoms with Gasteiger partial charge in [-0.25, -0.2) is 8.42 Å². The molecular weight excluding hydrogens is 284 g/mol. The molecule has 0 spiro atoms. The molecule has 1 rings (SSSR count). The first-order valence-electron chi connectivity index (χ1n) is 5.73. The van der Waals surface area contributed by atoms with E-state index in [1.165, 1.54) is 24.3 Å². The zero-order valence-corrected chi connectivity index (χ0v) is 11.6. The molecule has 0 aromatic heterocycles. The summed E-state index contributed by atoms with van der Waals surface area (Å²) in [7, 11) is -3.80. The molecule has 0 heterocycles. The maximum atomic E-state index is 11.7. The zero-order valence-electron chi connectivity index (χ0n) is 10.8. The van der Waals surface area contributed by atoms with Crippen molar-refractivity contribution in [3.05, 3.63) is 24.3 Å². The van der Waals surface area contributed by atoms with Crippen LogP contribution in [-0.2, 0) is 19.6 Å². The number of anilines is 1. The molecule has 1 N–H and O–H groups in total. The van der Waals surface area contributed by atoms with Gasteiger partial charge in [0, 0.05) is 5.69 Å². The Labute approximate surface area is 117 Å². The minimum Gasteiger partial charge on any atom is -0.479 e. The first-order valence-corrected chi connectivity index (χ1v) is 7.38. The summed E-state index contributed by atoms with van der Waals surface area (Å²) < 4.78 is 35.1. The molecule has 1 aromatic carbocycles. The summed E-state index contributed by atoms with van der Waals surface area (Å²) >= 11 is 0. The van der Waals surface area contributed by atoms with Gasteiger partial charge < -0.3 is 9.47 Å². The zero-order chi connectivity index (χ0) is 15.0. The average molecular weight is 298 g/mol. The van der Waals surface area contributed by atoms with Crippen molar-refractivity contribution < 1.29 is 22.7 Å². The largest absolute Gasteiger partial charge is 0.479 e. The molecule has 0 atom stereocenters. The van der Waals surface area contributed by atoms with Gasteiger partial charge in [0.05, 0.1) is 6.61 Å². The van der Waals surface area contributed by atoms with Crippen LogP contribution in [0.25, 0.3) is 0 Å². The topological polar surface area (TPSA) is 105 Å². The number of esters is 1. The number of nitrogens with zero attached hydrogens (tertiary/aromatic N) is 1. The Bertz CT molecular complexity index is 589. The molecule has 0 fully saturated rings. The third kappa shape index (κ3) is 5.58. The second-order valence-electron chi connectivity index (χ2n) is 3.64. The van der Waals surface area contributed by atoms with Gasteiger partial charge in [-0.15, -0.1) is 0 Å².